The lowest BCUT2D eigenvalue weighted by atomic mass is 9.43. The highest BCUT2D eigenvalue weighted by Gasteiger charge is 2.55. The summed E-state index contributed by atoms with van der Waals surface area (Å²) < 4.78 is 9.68. The van der Waals surface area contributed by atoms with Crippen molar-refractivity contribution in [2.24, 2.45) is 35.5 Å². The summed E-state index contributed by atoms with van der Waals surface area (Å²) in [7, 11) is 0. The van der Waals surface area contributed by atoms with Gasteiger partial charge < -0.3 is 19.0 Å². The van der Waals surface area contributed by atoms with Crippen LogP contribution in [0.5, 0.6) is 11.5 Å². The molecule has 6 saturated carbocycles. The first-order valence-electron chi connectivity index (χ1n) is 26.0. The third-order valence-corrected chi connectivity index (χ3v) is 20.0. The molecular weight excluding hydrogens is 814 g/mol. The number of rotatable bonds is 5. The molecule has 326 valence electrons. The van der Waals surface area contributed by atoms with Crippen molar-refractivity contribution in [3.63, 3.8) is 0 Å². The van der Waals surface area contributed by atoms with E-state index in [-0.39, 0.29) is 12.3 Å². The highest BCUT2D eigenvalue weighted by molar-refractivity contribution is 6.93. The molecule has 6 aliphatic carbocycles. The minimum atomic E-state index is -0.0331. The summed E-state index contributed by atoms with van der Waals surface area (Å²) in [6.45, 7) is -0.0331. The van der Waals surface area contributed by atoms with Gasteiger partial charge in [-0.05, 0) is 224 Å². The van der Waals surface area contributed by atoms with Crippen molar-refractivity contribution in [1.82, 2.24) is 4.57 Å². The molecule has 1 aromatic heterocycles. The van der Waals surface area contributed by atoms with Crippen molar-refractivity contribution >= 4 is 68.0 Å². The van der Waals surface area contributed by atoms with Gasteiger partial charge in [0.15, 0.2) is 5.75 Å². The molecule has 6 fully saturated rings. The molecule has 4 nitrogen and oxygen atoms in total. The standard InChI is InChI=1S/C62H54BN3O/c1-3-10-45(11-4-1)64(46-12-5-2-6-13-46)47-31-50-48-14-9-17-57-60(48)66(54-15-7-8-16-56(54)67-57)63-52-30-44(62-23-21-40-25-38(34-62)27-42(40)36-62)29-51-49-28-43(61-22-20-39-24-37(33-61)26-41(39)35-61)18-19-53(49)65(59(51)52)55(32-47)58(50)63/h1-19,28-32,37-42H,20-27,33-36H2. The molecule has 4 heterocycles. The lowest BCUT2D eigenvalue weighted by molar-refractivity contribution is 0.139. The first-order chi connectivity index (χ1) is 33.1. The monoisotopic (exact) mass is 867 g/mol. The van der Waals surface area contributed by atoms with Crippen LogP contribution in [-0.2, 0) is 10.8 Å². The van der Waals surface area contributed by atoms with Gasteiger partial charge in [0.1, 0.15) is 5.75 Å². The van der Waals surface area contributed by atoms with Crippen LogP contribution in [0.3, 0.4) is 0 Å². The molecule has 0 amide bonds. The molecule has 0 radical (unpaired) electrons. The SMILES string of the molecule is c1ccc(N(c2ccccc2)c2cc3c4c(c2)-n2c5ccc(C67CCC8CC(CC8C6)C7)cc5c5cc(C67CCC8CC(CC8C6)C7)cc(c52)B4N2c4ccccc4Oc4cccc-3c42)cc1. The predicted molar refractivity (Wildman–Crippen MR) is 274 cm³/mol. The van der Waals surface area contributed by atoms with E-state index in [9.17, 15) is 0 Å². The fraction of sp³-hybridized carbons (Fsp3) is 0.323. The second-order valence-corrected chi connectivity index (χ2v) is 23.1. The highest BCUT2D eigenvalue weighted by Crippen LogP contribution is 2.64. The Bertz CT molecular complexity index is 3400. The summed E-state index contributed by atoms with van der Waals surface area (Å²) >= 11 is 0. The summed E-state index contributed by atoms with van der Waals surface area (Å²) in [4.78, 5) is 5.18. The van der Waals surface area contributed by atoms with Gasteiger partial charge in [-0.1, -0.05) is 72.8 Å². The van der Waals surface area contributed by atoms with Crippen LogP contribution in [0.4, 0.5) is 28.4 Å². The van der Waals surface area contributed by atoms with E-state index in [1.807, 2.05) is 0 Å². The third-order valence-electron chi connectivity index (χ3n) is 20.0. The van der Waals surface area contributed by atoms with E-state index in [4.69, 9.17) is 4.74 Å². The second-order valence-electron chi connectivity index (χ2n) is 23.1. The van der Waals surface area contributed by atoms with Gasteiger partial charge in [-0.2, -0.15) is 0 Å². The zero-order chi connectivity index (χ0) is 43.3. The molecule has 9 aliphatic rings. The van der Waals surface area contributed by atoms with Gasteiger partial charge in [0, 0.05) is 39.1 Å². The van der Waals surface area contributed by atoms with E-state index < -0.39 is 0 Å². The largest absolute Gasteiger partial charge is 0.453 e. The minimum Gasteiger partial charge on any atom is -0.453 e. The number of hydrogen-bond acceptors (Lipinski definition) is 3. The average molecular weight is 868 g/mol. The Hall–Kier alpha value is -6.20. The number of anilines is 5. The number of nitrogens with zero attached hydrogens (tertiary/aromatic N) is 3. The van der Waals surface area contributed by atoms with Gasteiger partial charge in [-0.3, -0.25) is 0 Å². The number of benzene rings is 7. The molecule has 0 spiro atoms. The minimum absolute atomic E-state index is 0.0331. The molecule has 8 atom stereocenters. The van der Waals surface area contributed by atoms with Crippen LogP contribution >= 0.6 is 0 Å². The zero-order valence-electron chi connectivity index (χ0n) is 38.1. The Morgan fingerprint density at radius 3 is 1.93 bits per heavy atom. The Morgan fingerprint density at radius 2 is 1.18 bits per heavy atom. The van der Waals surface area contributed by atoms with Crippen LogP contribution in [0.2, 0.25) is 0 Å². The van der Waals surface area contributed by atoms with E-state index in [1.165, 1.54) is 138 Å². The molecule has 17 rings (SSSR count). The topological polar surface area (TPSA) is 20.6 Å². The zero-order valence-corrected chi connectivity index (χ0v) is 38.1. The van der Waals surface area contributed by atoms with E-state index >= 15 is 0 Å². The normalized spacial score (nSPS) is 29.3. The maximum absolute atomic E-state index is 6.93. The maximum atomic E-state index is 6.93. The van der Waals surface area contributed by atoms with Gasteiger partial charge in [0.25, 0.3) is 0 Å². The van der Waals surface area contributed by atoms with Crippen molar-refractivity contribution in [2.75, 3.05) is 9.71 Å². The van der Waals surface area contributed by atoms with Crippen LogP contribution in [-0.4, -0.2) is 11.4 Å². The van der Waals surface area contributed by atoms with Crippen molar-refractivity contribution in [1.29, 1.82) is 0 Å². The number of aromatic nitrogens is 1. The summed E-state index contributed by atoms with van der Waals surface area (Å²) in [6, 6.07) is 56.1. The second kappa shape index (κ2) is 12.9. The molecule has 7 aromatic carbocycles. The van der Waals surface area contributed by atoms with E-state index in [2.05, 4.69) is 160 Å². The van der Waals surface area contributed by atoms with Crippen LogP contribution in [0.1, 0.15) is 88.2 Å². The molecule has 67 heavy (non-hydrogen) atoms. The average Bonchev–Trinajstić information content (AvgIpc) is 3.89. The smallest absolute Gasteiger partial charge is 0.333 e. The predicted octanol–water partition coefficient (Wildman–Crippen LogP) is 14.5. The van der Waals surface area contributed by atoms with E-state index in [1.54, 1.807) is 11.1 Å². The summed E-state index contributed by atoms with van der Waals surface area (Å²) in [6.07, 6.45) is 16.9. The molecule has 8 aromatic rings. The number of fused-ring (bicyclic) bond motifs is 13. The van der Waals surface area contributed by atoms with Gasteiger partial charge in [0.05, 0.1) is 22.4 Å². The van der Waals surface area contributed by atoms with Gasteiger partial charge in [0.2, 0.25) is 0 Å². The van der Waals surface area contributed by atoms with Gasteiger partial charge >= 0.3 is 6.85 Å². The lowest BCUT2D eigenvalue weighted by Gasteiger charge is -2.47. The Labute approximate surface area is 393 Å². The van der Waals surface area contributed by atoms with Gasteiger partial charge in [-0.15, -0.1) is 0 Å². The Balaban J connectivity index is 0.997. The first kappa shape index (κ1) is 36.9. The lowest BCUT2D eigenvalue weighted by Crippen LogP contribution is -2.61. The van der Waals surface area contributed by atoms with Crippen molar-refractivity contribution < 1.29 is 4.74 Å². The molecule has 0 saturated heterocycles. The number of hydrogen-bond donors (Lipinski definition) is 0. The number of ether oxygens (including phenoxy) is 1. The molecule has 0 N–H and O–H groups in total. The molecule has 8 unspecified atom stereocenters. The van der Waals surface area contributed by atoms with Crippen LogP contribution in [0.25, 0.3) is 38.6 Å². The van der Waals surface area contributed by atoms with Crippen molar-refractivity contribution in [2.45, 2.75) is 87.9 Å². The Kier molecular flexibility index (Phi) is 7.08. The van der Waals surface area contributed by atoms with Crippen LogP contribution < -0.4 is 25.4 Å². The molecule has 3 aliphatic heterocycles. The van der Waals surface area contributed by atoms with Gasteiger partial charge in [-0.25, -0.2) is 0 Å². The number of para-hydroxylation sites is 5. The summed E-state index contributed by atoms with van der Waals surface area (Å²) in [5.74, 6) is 7.39. The molecular formula is C62H54BN3O. The summed E-state index contributed by atoms with van der Waals surface area (Å²) in [5, 5.41) is 2.94. The maximum Gasteiger partial charge on any atom is 0.333 e. The quantitative estimate of drug-likeness (QED) is 0.161. The van der Waals surface area contributed by atoms with Crippen molar-refractivity contribution in [3.8, 4) is 28.3 Å². The van der Waals surface area contributed by atoms with Crippen molar-refractivity contribution in [3.05, 3.63) is 157 Å². The van der Waals surface area contributed by atoms with Crippen LogP contribution in [0.15, 0.2) is 146 Å². The molecule has 6 bridgehead atoms. The fourth-order valence-electron chi connectivity index (χ4n) is 17.6. The first-order valence-corrected chi connectivity index (χ1v) is 26.0. The highest BCUT2D eigenvalue weighted by atomic mass is 16.5. The summed E-state index contributed by atoms with van der Waals surface area (Å²) in [5.41, 5.74) is 19.1. The fourth-order valence-corrected chi connectivity index (χ4v) is 17.6. The Morgan fingerprint density at radius 1 is 0.522 bits per heavy atom. The third kappa shape index (κ3) is 4.81. The van der Waals surface area contributed by atoms with Crippen LogP contribution in [0, 0.1) is 35.5 Å². The molecule has 5 heteroatoms. The van der Waals surface area contributed by atoms with E-state index in [0.717, 1.165) is 64.1 Å². The van der Waals surface area contributed by atoms with E-state index in [0.29, 0.717) is 5.41 Å².